The molecule has 132 valence electrons. The zero-order chi connectivity index (χ0) is 18.2. The lowest BCUT2D eigenvalue weighted by molar-refractivity contribution is 0.570. The van der Waals surface area contributed by atoms with Crippen molar-refractivity contribution in [2.75, 3.05) is 5.32 Å². The zero-order valence-corrected chi connectivity index (χ0v) is 14.6. The van der Waals surface area contributed by atoms with Crippen LogP contribution in [0.5, 0.6) is 0 Å². The van der Waals surface area contributed by atoms with E-state index in [-0.39, 0.29) is 6.04 Å². The van der Waals surface area contributed by atoms with Crippen molar-refractivity contribution in [2.45, 2.75) is 25.3 Å². The molecule has 2 aromatic heterocycles. The van der Waals surface area contributed by atoms with Crippen LogP contribution in [-0.2, 0) is 6.42 Å². The van der Waals surface area contributed by atoms with E-state index in [1.807, 2.05) is 18.2 Å². The molecule has 1 unspecified atom stereocenters. The Morgan fingerprint density at radius 1 is 1.22 bits per heavy atom. The average Bonchev–Trinajstić information content (AvgIpc) is 3.37. The van der Waals surface area contributed by atoms with Crippen molar-refractivity contribution in [3.8, 4) is 17.5 Å². The number of nitrogens with one attached hydrogen (secondary N) is 2. The molecule has 0 bridgehead atoms. The molecule has 2 N–H and O–H groups in total. The number of rotatable bonds is 3. The Kier molecular flexibility index (Phi) is 3.65. The van der Waals surface area contributed by atoms with Gasteiger partial charge in [-0.15, -0.1) is 0 Å². The minimum atomic E-state index is 0.236. The molecule has 2 heterocycles. The number of benzene rings is 2. The molecule has 2 aromatic carbocycles. The second-order valence-electron chi connectivity index (χ2n) is 6.81. The molecular weight excluding hydrogens is 338 g/mol. The van der Waals surface area contributed by atoms with Gasteiger partial charge in [-0.2, -0.15) is 10.4 Å². The van der Waals surface area contributed by atoms with E-state index in [0.29, 0.717) is 5.76 Å². The van der Waals surface area contributed by atoms with Gasteiger partial charge in [-0.25, -0.2) is 4.98 Å². The Labute approximate surface area is 155 Å². The van der Waals surface area contributed by atoms with Crippen LogP contribution in [-0.4, -0.2) is 15.2 Å². The smallest absolute Gasteiger partial charge is 0.181 e. The summed E-state index contributed by atoms with van der Waals surface area (Å²) in [7, 11) is 0. The molecule has 0 spiro atoms. The third-order valence-corrected chi connectivity index (χ3v) is 5.16. The maximum Gasteiger partial charge on any atom is 0.181 e. The number of hydrogen-bond donors (Lipinski definition) is 2. The van der Waals surface area contributed by atoms with E-state index in [4.69, 9.17) is 9.68 Å². The van der Waals surface area contributed by atoms with Gasteiger partial charge < -0.3 is 9.73 Å². The van der Waals surface area contributed by atoms with Crippen LogP contribution >= 0.6 is 0 Å². The number of aryl methyl sites for hydroxylation is 1. The molecule has 1 atom stereocenters. The van der Waals surface area contributed by atoms with Crippen molar-refractivity contribution in [1.82, 2.24) is 15.2 Å². The normalized spacial score (nSPS) is 16.0. The molecule has 4 aromatic rings. The van der Waals surface area contributed by atoms with Crippen LogP contribution in [0.3, 0.4) is 0 Å². The summed E-state index contributed by atoms with van der Waals surface area (Å²) in [6.45, 7) is 0. The van der Waals surface area contributed by atoms with Crippen molar-refractivity contribution in [3.63, 3.8) is 0 Å². The van der Waals surface area contributed by atoms with Crippen LogP contribution < -0.4 is 5.32 Å². The molecule has 0 aliphatic heterocycles. The van der Waals surface area contributed by atoms with Crippen molar-refractivity contribution in [3.05, 3.63) is 65.7 Å². The predicted octanol–water partition coefficient (Wildman–Crippen LogP) is 4.58. The monoisotopic (exact) mass is 355 g/mol. The summed E-state index contributed by atoms with van der Waals surface area (Å²) in [6.07, 6.45) is 6.28. The molecule has 0 fully saturated rings. The fraction of sp³-hybridized carbons (Fsp3) is 0.190. The van der Waals surface area contributed by atoms with Gasteiger partial charge >= 0.3 is 0 Å². The van der Waals surface area contributed by atoms with Gasteiger partial charge in [0.1, 0.15) is 5.69 Å². The predicted molar refractivity (Wildman–Crippen MR) is 102 cm³/mol. The summed E-state index contributed by atoms with van der Waals surface area (Å²) in [5, 5.41) is 21.2. The number of aromatic amines is 1. The molecule has 0 amide bonds. The Morgan fingerprint density at radius 3 is 3.04 bits per heavy atom. The Hall–Kier alpha value is -3.59. The number of aromatic nitrogens is 3. The topological polar surface area (TPSA) is 90.5 Å². The highest BCUT2D eigenvalue weighted by Gasteiger charge is 2.21. The SMILES string of the molecule is N#Cc1ccc2c(c1)CCCC2Nc1ccc2[nH]nc(-c3cnco3)c2c1. The van der Waals surface area contributed by atoms with Crippen molar-refractivity contribution < 1.29 is 4.42 Å². The van der Waals surface area contributed by atoms with Gasteiger partial charge in [-0.3, -0.25) is 5.10 Å². The molecule has 1 aliphatic rings. The summed E-state index contributed by atoms with van der Waals surface area (Å²) in [5.74, 6) is 0.644. The van der Waals surface area contributed by atoms with Gasteiger partial charge in [0.05, 0.1) is 29.4 Å². The quantitative estimate of drug-likeness (QED) is 0.561. The van der Waals surface area contributed by atoms with Crippen molar-refractivity contribution in [2.24, 2.45) is 0 Å². The van der Waals surface area contributed by atoms with E-state index in [0.717, 1.165) is 47.1 Å². The van der Waals surface area contributed by atoms with E-state index >= 15 is 0 Å². The maximum absolute atomic E-state index is 9.14. The molecule has 6 heteroatoms. The van der Waals surface area contributed by atoms with Gasteiger partial charge in [0.25, 0.3) is 0 Å². The third-order valence-electron chi connectivity index (χ3n) is 5.16. The summed E-state index contributed by atoms with van der Waals surface area (Å²) in [5.41, 5.74) is 6.02. The standard InChI is InChI=1S/C21H17N5O/c22-10-13-4-6-16-14(8-13)2-1-3-18(16)24-15-5-7-19-17(9-15)21(26-25-19)20-11-23-12-27-20/h4-9,11-12,18,24H,1-3H2,(H,25,26). The fourth-order valence-corrected chi connectivity index (χ4v) is 3.86. The highest BCUT2D eigenvalue weighted by atomic mass is 16.3. The minimum Gasteiger partial charge on any atom is -0.442 e. The summed E-state index contributed by atoms with van der Waals surface area (Å²) in [6, 6.07) is 14.6. The third kappa shape index (κ3) is 2.74. The number of nitrogens with zero attached hydrogens (tertiary/aromatic N) is 3. The number of oxazole rings is 1. The molecule has 27 heavy (non-hydrogen) atoms. The van der Waals surface area contributed by atoms with E-state index in [1.165, 1.54) is 17.5 Å². The Bertz CT molecular complexity index is 1150. The molecule has 5 rings (SSSR count). The van der Waals surface area contributed by atoms with Crippen LogP contribution in [0.4, 0.5) is 5.69 Å². The maximum atomic E-state index is 9.14. The van der Waals surface area contributed by atoms with Crippen LogP contribution in [0.1, 0.15) is 35.6 Å². The lowest BCUT2D eigenvalue weighted by Crippen LogP contribution is -2.17. The van der Waals surface area contributed by atoms with E-state index < -0.39 is 0 Å². The Morgan fingerprint density at radius 2 is 2.19 bits per heavy atom. The molecule has 0 radical (unpaired) electrons. The van der Waals surface area contributed by atoms with Crippen molar-refractivity contribution >= 4 is 16.6 Å². The van der Waals surface area contributed by atoms with E-state index in [2.05, 4.69) is 44.8 Å². The number of nitriles is 1. The summed E-state index contributed by atoms with van der Waals surface area (Å²) < 4.78 is 5.40. The van der Waals surface area contributed by atoms with Gasteiger partial charge in [-0.05, 0) is 60.7 Å². The number of H-pyrrole nitrogens is 1. The lowest BCUT2D eigenvalue weighted by atomic mass is 9.86. The number of anilines is 1. The highest BCUT2D eigenvalue weighted by molar-refractivity contribution is 5.93. The largest absolute Gasteiger partial charge is 0.442 e. The first-order valence-corrected chi connectivity index (χ1v) is 8.98. The highest BCUT2D eigenvalue weighted by Crippen LogP contribution is 2.35. The molecule has 1 aliphatic carbocycles. The minimum absolute atomic E-state index is 0.236. The fourth-order valence-electron chi connectivity index (χ4n) is 3.86. The zero-order valence-electron chi connectivity index (χ0n) is 14.6. The van der Waals surface area contributed by atoms with Gasteiger partial charge in [0.15, 0.2) is 12.2 Å². The van der Waals surface area contributed by atoms with Crippen LogP contribution in [0.15, 0.2) is 53.4 Å². The van der Waals surface area contributed by atoms with E-state index in [9.17, 15) is 0 Å². The second-order valence-corrected chi connectivity index (χ2v) is 6.81. The molecule has 6 nitrogen and oxygen atoms in total. The van der Waals surface area contributed by atoms with Crippen LogP contribution in [0.25, 0.3) is 22.4 Å². The lowest BCUT2D eigenvalue weighted by Gasteiger charge is -2.27. The van der Waals surface area contributed by atoms with Gasteiger partial charge in [-0.1, -0.05) is 6.07 Å². The summed E-state index contributed by atoms with van der Waals surface area (Å²) in [4.78, 5) is 3.98. The summed E-state index contributed by atoms with van der Waals surface area (Å²) >= 11 is 0. The first-order valence-electron chi connectivity index (χ1n) is 8.98. The first-order chi connectivity index (χ1) is 13.3. The van der Waals surface area contributed by atoms with E-state index in [1.54, 1.807) is 6.20 Å². The van der Waals surface area contributed by atoms with Crippen LogP contribution in [0.2, 0.25) is 0 Å². The molecule has 0 saturated heterocycles. The van der Waals surface area contributed by atoms with Gasteiger partial charge in [0.2, 0.25) is 0 Å². The number of fused-ring (bicyclic) bond motifs is 2. The first kappa shape index (κ1) is 15.6. The van der Waals surface area contributed by atoms with Crippen LogP contribution in [0, 0.1) is 11.3 Å². The van der Waals surface area contributed by atoms with Crippen molar-refractivity contribution in [1.29, 1.82) is 5.26 Å². The number of hydrogen-bond acceptors (Lipinski definition) is 5. The van der Waals surface area contributed by atoms with Gasteiger partial charge in [0, 0.05) is 11.1 Å². The Balaban J connectivity index is 1.49. The molecular formula is C21H17N5O. The second kappa shape index (κ2) is 6.29. The average molecular weight is 355 g/mol. The molecule has 0 saturated carbocycles.